The van der Waals surface area contributed by atoms with Crippen LogP contribution in [0.3, 0.4) is 0 Å². The van der Waals surface area contributed by atoms with Gasteiger partial charge in [-0.15, -0.1) is 0 Å². The average Bonchev–Trinajstić information content (AvgIpc) is 2.71. The third-order valence-electron chi connectivity index (χ3n) is 3.81. The lowest BCUT2D eigenvalue weighted by molar-refractivity contribution is -0.140. The van der Waals surface area contributed by atoms with Crippen molar-refractivity contribution in [1.29, 1.82) is 0 Å². The zero-order chi connectivity index (χ0) is 20.7. The fraction of sp³-hybridized carbons (Fsp3) is 0.571. The molecule has 8 nitrogen and oxygen atoms in total. The lowest BCUT2D eigenvalue weighted by Gasteiger charge is -2.15. The third kappa shape index (κ3) is 9.76. The van der Waals surface area contributed by atoms with E-state index in [1.165, 1.54) is 0 Å². The third-order valence-corrected chi connectivity index (χ3v) is 3.81. The molecule has 162 valence electrons. The molecule has 0 saturated heterocycles. The molecule has 1 aromatic carbocycles. The summed E-state index contributed by atoms with van der Waals surface area (Å²) in [7, 11) is 0. The highest BCUT2D eigenvalue weighted by Gasteiger charge is 2.10. The maximum atomic E-state index is 11.6. The van der Waals surface area contributed by atoms with Gasteiger partial charge in [-0.3, -0.25) is 0 Å². The molecule has 1 aliphatic heterocycles. The molecule has 1 heterocycles. The first-order valence-electron chi connectivity index (χ1n) is 9.69. The second-order valence-corrected chi connectivity index (χ2v) is 6.28. The number of benzene rings is 1. The quantitative estimate of drug-likeness (QED) is 0.554. The highest BCUT2D eigenvalue weighted by Crippen LogP contribution is 2.29. The van der Waals surface area contributed by atoms with Gasteiger partial charge in [-0.05, 0) is 24.6 Å². The summed E-state index contributed by atoms with van der Waals surface area (Å²) in [5, 5.41) is 0. The minimum absolute atomic E-state index is 0.124. The van der Waals surface area contributed by atoms with Crippen LogP contribution in [-0.4, -0.2) is 72.0 Å². The Hall–Kier alpha value is -2.13. The lowest BCUT2D eigenvalue weighted by atomic mass is 10.2. The van der Waals surface area contributed by atoms with Crippen molar-refractivity contribution in [3.8, 4) is 11.5 Å². The maximum absolute atomic E-state index is 11.6. The monoisotopic (exact) mass is 410 g/mol. The van der Waals surface area contributed by atoms with Crippen LogP contribution in [0.4, 0.5) is 0 Å². The van der Waals surface area contributed by atoms with Crippen LogP contribution in [0.1, 0.15) is 12.5 Å². The molecular formula is C21H30O8. The minimum Gasteiger partial charge on any atom is -0.487 e. The molecule has 29 heavy (non-hydrogen) atoms. The smallest absolute Gasteiger partial charge is 0.333 e. The number of carbonyl (C=O) groups excluding carboxylic acids is 1. The van der Waals surface area contributed by atoms with Gasteiger partial charge < -0.3 is 33.2 Å². The summed E-state index contributed by atoms with van der Waals surface area (Å²) in [4.78, 5) is 11.6. The van der Waals surface area contributed by atoms with E-state index in [1.54, 1.807) is 19.1 Å². The second kappa shape index (κ2) is 13.9. The van der Waals surface area contributed by atoms with E-state index < -0.39 is 5.97 Å². The first-order valence-corrected chi connectivity index (χ1v) is 9.69. The molecule has 0 amide bonds. The van der Waals surface area contributed by atoms with Crippen molar-refractivity contribution >= 4 is 5.97 Å². The molecule has 0 fully saturated rings. The molecule has 0 N–H and O–H groups in total. The van der Waals surface area contributed by atoms with Crippen LogP contribution < -0.4 is 9.47 Å². The minimum atomic E-state index is -0.433. The van der Waals surface area contributed by atoms with Crippen molar-refractivity contribution in [3.05, 3.63) is 35.9 Å². The van der Waals surface area contributed by atoms with E-state index in [0.29, 0.717) is 83.1 Å². The van der Waals surface area contributed by atoms with Gasteiger partial charge in [0.05, 0.1) is 52.9 Å². The summed E-state index contributed by atoms with van der Waals surface area (Å²) in [5.74, 6) is 0.708. The number of ether oxygens (including phenoxy) is 7. The summed E-state index contributed by atoms with van der Waals surface area (Å²) in [6, 6.07) is 5.40. The topological polar surface area (TPSA) is 81.7 Å². The Balaban J connectivity index is 1.94. The van der Waals surface area contributed by atoms with Crippen LogP contribution in [0.15, 0.2) is 30.4 Å². The fourth-order valence-electron chi connectivity index (χ4n) is 2.33. The SMILES string of the molecule is C=C(C)C(=O)OCc1ccc2c(c1)OCCOCCOCCOCCOCCO2. The summed E-state index contributed by atoms with van der Waals surface area (Å²) in [6.45, 7) is 9.90. The van der Waals surface area contributed by atoms with Crippen LogP contribution in [0, 0.1) is 0 Å². The first kappa shape index (κ1) is 23.2. The normalized spacial score (nSPS) is 17.6. The number of hydrogen-bond acceptors (Lipinski definition) is 8. The van der Waals surface area contributed by atoms with Crippen molar-refractivity contribution in [2.75, 3.05) is 66.1 Å². The first-order chi connectivity index (χ1) is 14.2. The van der Waals surface area contributed by atoms with Gasteiger partial charge in [0.15, 0.2) is 11.5 Å². The Kier molecular flexibility index (Phi) is 11.1. The van der Waals surface area contributed by atoms with Crippen LogP contribution in [-0.2, 0) is 35.1 Å². The molecule has 0 aliphatic carbocycles. The van der Waals surface area contributed by atoms with Crippen LogP contribution in [0.5, 0.6) is 11.5 Å². The molecule has 8 heteroatoms. The predicted molar refractivity (Wildman–Crippen MR) is 105 cm³/mol. The average molecular weight is 410 g/mol. The lowest BCUT2D eigenvalue weighted by Crippen LogP contribution is -2.16. The Morgan fingerprint density at radius 3 is 1.83 bits per heavy atom. The Morgan fingerprint density at radius 1 is 0.828 bits per heavy atom. The van der Waals surface area contributed by atoms with Crippen molar-refractivity contribution in [2.45, 2.75) is 13.5 Å². The van der Waals surface area contributed by atoms with Gasteiger partial charge in [0.1, 0.15) is 19.8 Å². The molecule has 0 bridgehead atoms. The number of hydrogen-bond donors (Lipinski definition) is 0. The summed E-state index contributed by atoms with van der Waals surface area (Å²) in [5.41, 5.74) is 1.14. The largest absolute Gasteiger partial charge is 0.487 e. The highest BCUT2D eigenvalue weighted by atomic mass is 16.6. The van der Waals surface area contributed by atoms with Crippen molar-refractivity contribution in [1.82, 2.24) is 0 Å². The number of fused-ring (bicyclic) bond motifs is 1. The zero-order valence-electron chi connectivity index (χ0n) is 17.0. The molecule has 1 aliphatic rings. The van der Waals surface area contributed by atoms with E-state index in [-0.39, 0.29) is 6.61 Å². The second-order valence-electron chi connectivity index (χ2n) is 6.28. The molecule has 0 radical (unpaired) electrons. The zero-order valence-corrected chi connectivity index (χ0v) is 17.0. The number of esters is 1. The van der Waals surface area contributed by atoms with Gasteiger partial charge in [-0.2, -0.15) is 0 Å². The van der Waals surface area contributed by atoms with Gasteiger partial charge in [0, 0.05) is 5.57 Å². The maximum Gasteiger partial charge on any atom is 0.333 e. The molecular weight excluding hydrogens is 380 g/mol. The van der Waals surface area contributed by atoms with Gasteiger partial charge in [-0.25, -0.2) is 4.79 Å². The molecule has 0 atom stereocenters. The van der Waals surface area contributed by atoms with Gasteiger partial charge in [-0.1, -0.05) is 12.6 Å². The summed E-state index contributed by atoms with van der Waals surface area (Å²) >= 11 is 0. The molecule has 1 aromatic rings. The van der Waals surface area contributed by atoms with Gasteiger partial charge in [0.25, 0.3) is 0 Å². The van der Waals surface area contributed by atoms with E-state index in [0.717, 1.165) is 5.56 Å². The standard InChI is InChI=1S/C21H30O8/c1-17(2)21(22)29-16-18-3-4-19-20(15-18)28-14-12-26-10-8-24-6-5-23-7-9-25-11-13-27-19/h3-4,15H,1,5-14,16H2,2H3. The van der Waals surface area contributed by atoms with Crippen molar-refractivity contribution in [2.24, 2.45) is 0 Å². The van der Waals surface area contributed by atoms with E-state index in [2.05, 4.69) is 6.58 Å². The van der Waals surface area contributed by atoms with E-state index in [1.807, 2.05) is 6.07 Å². The van der Waals surface area contributed by atoms with E-state index in [4.69, 9.17) is 33.2 Å². The Bertz CT molecular complexity index is 631. The molecule has 0 saturated carbocycles. The molecule has 0 unspecified atom stereocenters. The Labute approximate surface area is 171 Å². The number of rotatable bonds is 3. The van der Waals surface area contributed by atoms with E-state index in [9.17, 15) is 4.79 Å². The van der Waals surface area contributed by atoms with Crippen LogP contribution in [0.25, 0.3) is 0 Å². The van der Waals surface area contributed by atoms with Gasteiger partial charge >= 0.3 is 5.97 Å². The van der Waals surface area contributed by atoms with Crippen molar-refractivity contribution < 1.29 is 38.0 Å². The fourth-order valence-corrected chi connectivity index (χ4v) is 2.33. The Morgan fingerprint density at radius 2 is 1.31 bits per heavy atom. The van der Waals surface area contributed by atoms with E-state index >= 15 is 0 Å². The molecule has 2 rings (SSSR count). The molecule has 0 spiro atoms. The summed E-state index contributed by atoms with van der Waals surface area (Å²) in [6.07, 6.45) is 0. The molecule has 0 aromatic heterocycles. The van der Waals surface area contributed by atoms with Gasteiger partial charge in [0.2, 0.25) is 0 Å². The highest BCUT2D eigenvalue weighted by molar-refractivity contribution is 5.86. The van der Waals surface area contributed by atoms with Crippen LogP contribution in [0.2, 0.25) is 0 Å². The summed E-state index contributed by atoms with van der Waals surface area (Å²) < 4.78 is 38.6. The van der Waals surface area contributed by atoms with Crippen LogP contribution >= 0.6 is 0 Å². The van der Waals surface area contributed by atoms with Crippen molar-refractivity contribution in [3.63, 3.8) is 0 Å². The number of carbonyl (C=O) groups is 1. The predicted octanol–water partition coefficient (Wildman–Crippen LogP) is 2.14.